The highest BCUT2D eigenvalue weighted by atomic mass is 32.2. The van der Waals surface area contributed by atoms with Crippen molar-refractivity contribution < 1.29 is 14.4 Å². The zero-order chi connectivity index (χ0) is 13.6. The zero-order valence-corrected chi connectivity index (χ0v) is 10.7. The van der Waals surface area contributed by atoms with Crippen LogP contribution in [0.15, 0.2) is 12.7 Å². The van der Waals surface area contributed by atoms with Gasteiger partial charge in [-0.05, 0) is 0 Å². The zero-order valence-electron chi connectivity index (χ0n) is 9.88. The van der Waals surface area contributed by atoms with E-state index in [0.29, 0.717) is 11.2 Å². The second-order valence-corrected chi connectivity index (χ2v) is 6.12. The third-order valence-electron chi connectivity index (χ3n) is 3.43. The number of aliphatic hydroxyl groups excluding tert-OH is 2. The number of hydrogen-bond acceptors (Lipinski definition) is 7. The van der Waals surface area contributed by atoms with Crippen LogP contribution in [0.5, 0.6) is 0 Å². The third-order valence-corrected chi connectivity index (χ3v) is 5.58. The van der Waals surface area contributed by atoms with Crippen molar-refractivity contribution in [3.05, 3.63) is 12.7 Å². The number of anilines is 1. The van der Waals surface area contributed by atoms with Crippen molar-refractivity contribution >= 4 is 27.8 Å². The average molecular weight is 283 g/mol. The normalized spacial score (nSPS) is 30.4. The summed E-state index contributed by atoms with van der Waals surface area (Å²) in [5.41, 5.74) is 6.63. The van der Waals surface area contributed by atoms with Crippen LogP contribution >= 0.6 is 0 Å². The van der Waals surface area contributed by atoms with Crippen molar-refractivity contribution in [1.82, 2.24) is 19.5 Å². The van der Waals surface area contributed by atoms with Crippen molar-refractivity contribution in [2.45, 2.75) is 10.6 Å². The smallest absolute Gasteiger partial charge is 0.166 e. The molecule has 0 radical (unpaired) electrons. The van der Waals surface area contributed by atoms with Crippen LogP contribution < -0.4 is 5.73 Å². The molecule has 4 N–H and O–H groups in total. The Labute approximate surface area is 110 Å². The number of aliphatic hydroxyl groups is 2. The minimum Gasteiger partial charge on any atom is -0.396 e. The first kappa shape index (κ1) is 12.5. The number of nitrogens with zero attached hydrogens (tertiary/aromatic N) is 4. The minimum absolute atomic E-state index is 0.151. The van der Waals surface area contributed by atoms with Crippen LogP contribution in [0.25, 0.3) is 11.2 Å². The van der Waals surface area contributed by atoms with Crippen LogP contribution in [0.4, 0.5) is 5.82 Å². The van der Waals surface area contributed by atoms with Gasteiger partial charge in [-0.3, -0.25) is 8.78 Å². The summed E-state index contributed by atoms with van der Waals surface area (Å²) in [6, 6.07) is 0. The lowest BCUT2D eigenvalue weighted by atomic mass is 10.0. The van der Waals surface area contributed by atoms with Gasteiger partial charge in [0.2, 0.25) is 0 Å². The van der Waals surface area contributed by atoms with Gasteiger partial charge in [0.15, 0.2) is 11.5 Å². The summed E-state index contributed by atoms with van der Waals surface area (Å²) in [6.07, 6.45) is 2.81. The van der Waals surface area contributed by atoms with E-state index in [9.17, 15) is 9.32 Å². The van der Waals surface area contributed by atoms with E-state index in [0.717, 1.165) is 0 Å². The molecule has 3 rings (SSSR count). The molecule has 8 nitrogen and oxygen atoms in total. The minimum atomic E-state index is -1.28. The Morgan fingerprint density at radius 3 is 2.79 bits per heavy atom. The first-order valence-electron chi connectivity index (χ1n) is 5.73. The van der Waals surface area contributed by atoms with Crippen molar-refractivity contribution in [2.24, 2.45) is 5.92 Å². The molecule has 19 heavy (non-hydrogen) atoms. The van der Waals surface area contributed by atoms with Gasteiger partial charge in [0.1, 0.15) is 17.2 Å². The Balaban J connectivity index is 2.06. The summed E-state index contributed by atoms with van der Waals surface area (Å²) in [6.45, 7) is -0.361. The van der Waals surface area contributed by atoms with Crippen molar-refractivity contribution in [3.8, 4) is 0 Å². The molecule has 0 spiro atoms. The predicted octanol–water partition coefficient (Wildman–Crippen LogP) is -1.36. The van der Waals surface area contributed by atoms with Crippen LogP contribution in [0.3, 0.4) is 0 Å². The molecule has 1 aliphatic rings. The molecule has 2 aromatic rings. The van der Waals surface area contributed by atoms with Gasteiger partial charge in [0.25, 0.3) is 0 Å². The van der Waals surface area contributed by atoms with Crippen molar-refractivity contribution in [3.63, 3.8) is 0 Å². The molecule has 1 aliphatic heterocycles. The summed E-state index contributed by atoms with van der Waals surface area (Å²) >= 11 is 0. The van der Waals surface area contributed by atoms with Crippen LogP contribution in [-0.4, -0.2) is 52.4 Å². The van der Waals surface area contributed by atoms with Crippen molar-refractivity contribution in [1.29, 1.82) is 0 Å². The van der Waals surface area contributed by atoms with E-state index >= 15 is 0 Å². The molecular formula is C10H13N5O3S. The van der Waals surface area contributed by atoms with Crippen molar-refractivity contribution in [2.75, 3.05) is 18.9 Å². The van der Waals surface area contributed by atoms with E-state index < -0.39 is 21.4 Å². The summed E-state index contributed by atoms with van der Waals surface area (Å²) in [4.78, 5) is 12.0. The van der Waals surface area contributed by atoms with E-state index in [1.807, 2.05) is 0 Å². The maximum absolute atomic E-state index is 12.1. The quantitative estimate of drug-likeness (QED) is 0.634. The first-order chi connectivity index (χ1) is 9.19. The Hall–Kier alpha value is -1.58. The first-order valence-corrected chi connectivity index (χ1v) is 7.00. The van der Waals surface area contributed by atoms with Gasteiger partial charge < -0.3 is 15.9 Å². The van der Waals surface area contributed by atoms with Gasteiger partial charge in [0, 0.05) is 5.92 Å². The molecule has 4 atom stereocenters. The van der Waals surface area contributed by atoms with Gasteiger partial charge in [-0.15, -0.1) is 0 Å². The Morgan fingerprint density at radius 2 is 2.11 bits per heavy atom. The number of rotatable bonds is 3. The highest BCUT2D eigenvalue weighted by molar-refractivity contribution is 7.87. The molecule has 2 aromatic heterocycles. The topological polar surface area (TPSA) is 127 Å². The fraction of sp³-hybridized carbons (Fsp3) is 0.500. The second-order valence-electron chi connectivity index (χ2n) is 4.37. The Kier molecular flexibility index (Phi) is 2.96. The van der Waals surface area contributed by atoms with Crippen LogP contribution in [-0.2, 0) is 10.8 Å². The van der Waals surface area contributed by atoms with Gasteiger partial charge in [-0.25, -0.2) is 15.0 Å². The van der Waals surface area contributed by atoms with Crippen LogP contribution in [0.1, 0.15) is 5.37 Å². The molecule has 1 saturated heterocycles. The summed E-state index contributed by atoms with van der Waals surface area (Å²) in [5, 5.41) is 17.7. The Morgan fingerprint density at radius 1 is 1.32 bits per heavy atom. The maximum atomic E-state index is 12.1. The van der Waals surface area contributed by atoms with E-state index in [2.05, 4.69) is 15.0 Å². The highest BCUT2D eigenvalue weighted by Crippen LogP contribution is 2.41. The lowest BCUT2D eigenvalue weighted by Gasteiger charge is -2.42. The molecule has 1 fully saturated rings. The maximum Gasteiger partial charge on any atom is 0.166 e. The van der Waals surface area contributed by atoms with Crippen LogP contribution in [0.2, 0.25) is 0 Å². The van der Waals surface area contributed by atoms with E-state index in [4.69, 9.17) is 10.8 Å². The third kappa shape index (κ3) is 1.66. The lowest BCUT2D eigenvalue weighted by molar-refractivity contribution is 0.151. The number of aromatic nitrogens is 4. The molecule has 0 aliphatic carbocycles. The number of nitrogens with two attached hydrogens (primary N) is 1. The molecule has 102 valence electrons. The van der Waals surface area contributed by atoms with Gasteiger partial charge in [-0.2, -0.15) is 0 Å². The van der Waals surface area contributed by atoms with Gasteiger partial charge in [-0.1, -0.05) is 0 Å². The number of nitrogen functional groups attached to an aromatic ring is 1. The molecule has 0 saturated carbocycles. The average Bonchev–Trinajstić information content (AvgIpc) is 2.81. The monoisotopic (exact) mass is 283 g/mol. The van der Waals surface area contributed by atoms with E-state index in [1.165, 1.54) is 12.7 Å². The molecule has 0 aromatic carbocycles. The fourth-order valence-electron chi connectivity index (χ4n) is 2.41. The number of hydrogen-bond donors (Lipinski definition) is 3. The Bertz CT molecular complexity index is 645. The lowest BCUT2D eigenvalue weighted by Crippen LogP contribution is -2.51. The molecule has 9 heteroatoms. The van der Waals surface area contributed by atoms with Gasteiger partial charge in [0.05, 0.1) is 35.6 Å². The largest absolute Gasteiger partial charge is 0.396 e. The van der Waals surface area contributed by atoms with Crippen LogP contribution in [0, 0.1) is 5.92 Å². The second kappa shape index (κ2) is 4.51. The summed E-state index contributed by atoms with van der Waals surface area (Å²) < 4.78 is 13.7. The molecule has 0 amide bonds. The fourth-order valence-corrected chi connectivity index (χ4v) is 4.22. The van der Waals surface area contributed by atoms with Gasteiger partial charge >= 0.3 is 0 Å². The summed E-state index contributed by atoms with van der Waals surface area (Å²) in [7, 11) is -1.28. The SMILES string of the molecule is Nc1ncnc2c1ncn2[C@H]1[C@@H](CO)[C@H](CO)S1=O. The number of fused-ring (bicyclic) bond motifs is 1. The molecule has 1 unspecified atom stereocenters. The molecule has 0 bridgehead atoms. The molecule has 3 heterocycles. The predicted molar refractivity (Wildman–Crippen MR) is 68.4 cm³/mol. The highest BCUT2D eigenvalue weighted by Gasteiger charge is 2.49. The van der Waals surface area contributed by atoms with E-state index in [-0.39, 0.29) is 24.9 Å². The molecular weight excluding hydrogens is 270 g/mol. The summed E-state index contributed by atoms with van der Waals surface area (Å²) in [5.74, 6) is -0.0208. The van der Waals surface area contributed by atoms with E-state index in [1.54, 1.807) is 4.57 Å². The standard InChI is InChI=1S/C10H13N5O3S/c11-8-7-9(13-3-12-8)15(4-14-7)10-5(1-16)6(2-17)19(10)18/h3-6,10,16-17H,1-2H2,(H2,11,12,13)/t5-,6-,10+,19?/m0/s1. The number of imidazole rings is 1.